The highest BCUT2D eigenvalue weighted by Gasteiger charge is 2.33. The van der Waals surface area contributed by atoms with Crippen molar-refractivity contribution in [2.24, 2.45) is 11.1 Å². The first-order valence-electron chi connectivity index (χ1n) is 6.55. The number of rotatable bonds is 3. The molecule has 0 bridgehead atoms. The predicted octanol–water partition coefficient (Wildman–Crippen LogP) is 2.40. The van der Waals surface area contributed by atoms with Gasteiger partial charge in [-0.3, -0.25) is 4.21 Å². The third-order valence-corrected chi connectivity index (χ3v) is 4.78. The molecule has 2 rings (SSSR count). The van der Waals surface area contributed by atoms with Gasteiger partial charge in [0.15, 0.2) is 0 Å². The van der Waals surface area contributed by atoms with Gasteiger partial charge in [-0.05, 0) is 36.8 Å². The first-order chi connectivity index (χ1) is 8.30. The zero-order valence-corrected chi connectivity index (χ0v) is 12.6. The van der Waals surface area contributed by atoms with Crippen LogP contribution in [0.4, 0.5) is 0 Å². The highest BCUT2D eigenvalue weighted by atomic mass is 32.2. The van der Waals surface area contributed by atoms with Gasteiger partial charge in [0.25, 0.3) is 0 Å². The summed E-state index contributed by atoms with van der Waals surface area (Å²) in [5, 5.41) is 0. The Labute approximate surface area is 112 Å². The van der Waals surface area contributed by atoms with Crippen LogP contribution < -0.4 is 5.73 Å². The van der Waals surface area contributed by atoms with Crippen LogP contribution in [0.2, 0.25) is 0 Å². The van der Waals surface area contributed by atoms with Crippen molar-refractivity contribution in [2.45, 2.75) is 45.7 Å². The summed E-state index contributed by atoms with van der Waals surface area (Å²) in [5.74, 6) is 0.705. The summed E-state index contributed by atoms with van der Waals surface area (Å²) in [5.41, 5.74) is 9.15. The Morgan fingerprint density at radius 1 is 1.61 bits per heavy atom. The molecular weight excluding hydrogens is 244 g/mol. The molecule has 0 spiro atoms. The largest absolute Gasteiger partial charge is 0.347 e. The molecule has 0 amide bonds. The van der Waals surface area contributed by atoms with Gasteiger partial charge in [-0.25, -0.2) is 0 Å². The second-order valence-corrected chi connectivity index (χ2v) is 7.85. The third-order valence-electron chi connectivity index (χ3n) is 3.83. The van der Waals surface area contributed by atoms with Crippen LogP contribution in [0.1, 0.15) is 50.5 Å². The van der Waals surface area contributed by atoms with E-state index in [0.29, 0.717) is 5.75 Å². The van der Waals surface area contributed by atoms with Gasteiger partial charge in [0, 0.05) is 46.8 Å². The van der Waals surface area contributed by atoms with E-state index in [9.17, 15) is 4.21 Å². The monoisotopic (exact) mass is 268 g/mol. The van der Waals surface area contributed by atoms with E-state index < -0.39 is 10.8 Å². The van der Waals surface area contributed by atoms with Crippen LogP contribution in [-0.2, 0) is 17.2 Å². The van der Waals surface area contributed by atoms with Crippen LogP contribution in [0.15, 0.2) is 12.3 Å². The van der Waals surface area contributed by atoms with Crippen LogP contribution in [0.5, 0.6) is 0 Å². The van der Waals surface area contributed by atoms with Crippen LogP contribution in [0.3, 0.4) is 0 Å². The minimum absolute atomic E-state index is 0.143. The summed E-state index contributed by atoms with van der Waals surface area (Å²) >= 11 is 0. The molecule has 0 aromatic carbocycles. The zero-order chi connectivity index (χ0) is 13.5. The standard InChI is InChI=1S/C14H24N2OS/c1-10(9-18(4)17)16-6-5-11-12(15)7-14(2,3)8-13(11)16/h5-6,10,12H,7-9,15H2,1-4H3. The molecular formula is C14H24N2OS. The Morgan fingerprint density at radius 2 is 2.28 bits per heavy atom. The van der Waals surface area contributed by atoms with Crippen molar-refractivity contribution < 1.29 is 4.21 Å². The molecule has 18 heavy (non-hydrogen) atoms. The van der Waals surface area contributed by atoms with Crippen molar-refractivity contribution in [1.29, 1.82) is 0 Å². The van der Waals surface area contributed by atoms with Crippen molar-refractivity contribution in [2.75, 3.05) is 12.0 Å². The molecule has 1 aromatic heterocycles. The molecule has 0 fully saturated rings. The fourth-order valence-corrected chi connectivity index (χ4v) is 3.93. The maximum absolute atomic E-state index is 11.4. The van der Waals surface area contributed by atoms with Crippen molar-refractivity contribution >= 4 is 10.8 Å². The lowest BCUT2D eigenvalue weighted by Crippen LogP contribution is -2.31. The number of nitrogens with two attached hydrogens (primary N) is 1. The van der Waals surface area contributed by atoms with E-state index >= 15 is 0 Å². The minimum Gasteiger partial charge on any atom is -0.347 e. The molecule has 4 heteroatoms. The van der Waals surface area contributed by atoms with E-state index in [1.807, 2.05) is 0 Å². The SMILES string of the molecule is CC(CS(C)=O)n1ccc2c1CC(C)(C)CC2N. The van der Waals surface area contributed by atoms with Gasteiger partial charge >= 0.3 is 0 Å². The van der Waals surface area contributed by atoms with Crippen LogP contribution in [0.25, 0.3) is 0 Å². The second kappa shape index (κ2) is 4.82. The predicted molar refractivity (Wildman–Crippen MR) is 77.1 cm³/mol. The number of hydrogen-bond donors (Lipinski definition) is 1. The first-order valence-corrected chi connectivity index (χ1v) is 8.28. The molecule has 0 radical (unpaired) electrons. The van der Waals surface area contributed by atoms with E-state index in [2.05, 4.69) is 37.6 Å². The van der Waals surface area contributed by atoms with Gasteiger partial charge in [0.2, 0.25) is 0 Å². The number of aromatic nitrogens is 1. The number of nitrogens with zero attached hydrogens (tertiary/aromatic N) is 1. The maximum Gasteiger partial charge on any atom is 0.0437 e. The molecule has 2 N–H and O–H groups in total. The molecule has 1 aromatic rings. The van der Waals surface area contributed by atoms with Crippen LogP contribution in [-0.4, -0.2) is 20.8 Å². The molecule has 102 valence electrons. The summed E-state index contributed by atoms with van der Waals surface area (Å²) in [6, 6.07) is 2.56. The summed E-state index contributed by atoms with van der Waals surface area (Å²) in [7, 11) is -0.761. The first kappa shape index (κ1) is 13.8. The average molecular weight is 268 g/mol. The smallest absolute Gasteiger partial charge is 0.0437 e. The Balaban J connectivity index is 2.33. The van der Waals surface area contributed by atoms with Crippen molar-refractivity contribution in [3.05, 3.63) is 23.5 Å². The second-order valence-electron chi connectivity index (χ2n) is 6.37. The topological polar surface area (TPSA) is 48.0 Å². The minimum atomic E-state index is -0.761. The van der Waals surface area contributed by atoms with Crippen molar-refractivity contribution in [3.8, 4) is 0 Å². The molecule has 0 aliphatic heterocycles. The van der Waals surface area contributed by atoms with E-state index in [0.717, 1.165) is 12.8 Å². The van der Waals surface area contributed by atoms with Gasteiger partial charge in [0.05, 0.1) is 0 Å². The Hall–Kier alpha value is -0.610. The van der Waals surface area contributed by atoms with Gasteiger partial charge in [-0.15, -0.1) is 0 Å². The number of hydrogen-bond acceptors (Lipinski definition) is 2. The van der Waals surface area contributed by atoms with Gasteiger partial charge in [-0.1, -0.05) is 13.8 Å². The van der Waals surface area contributed by atoms with Crippen molar-refractivity contribution in [3.63, 3.8) is 0 Å². The van der Waals surface area contributed by atoms with E-state index in [1.54, 1.807) is 6.26 Å². The fraction of sp³-hybridized carbons (Fsp3) is 0.714. The van der Waals surface area contributed by atoms with Crippen LogP contribution >= 0.6 is 0 Å². The van der Waals surface area contributed by atoms with Crippen LogP contribution in [0, 0.1) is 5.41 Å². The summed E-state index contributed by atoms with van der Waals surface area (Å²) in [4.78, 5) is 0. The molecule has 1 heterocycles. The lowest BCUT2D eigenvalue weighted by atomic mass is 9.74. The van der Waals surface area contributed by atoms with E-state index in [1.165, 1.54) is 11.3 Å². The summed E-state index contributed by atoms with van der Waals surface area (Å²) < 4.78 is 13.7. The van der Waals surface area contributed by atoms with Crippen molar-refractivity contribution in [1.82, 2.24) is 4.57 Å². The molecule has 0 saturated heterocycles. The Kier molecular flexibility index (Phi) is 3.70. The zero-order valence-electron chi connectivity index (χ0n) is 11.8. The Bertz CT molecular complexity index is 464. The third kappa shape index (κ3) is 2.69. The maximum atomic E-state index is 11.4. The molecule has 3 nitrogen and oxygen atoms in total. The number of fused-ring (bicyclic) bond motifs is 1. The lowest BCUT2D eigenvalue weighted by Gasteiger charge is -2.35. The summed E-state index contributed by atoms with van der Waals surface area (Å²) in [6.07, 6.45) is 5.98. The molecule has 3 unspecified atom stereocenters. The molecule has 0 saturated carbocycles. The Morgan fingerprint density at radius 3 is 2.89 bits per heavy atom. The quantitative estimate of drug-likeness (QED) is 0.915. The lowest BCUT2D eigenvalue weighted by molar-refractivity contribution is 0.273. The molecule has 1 aliphatic rings. The van der Waals surface area contributed by atoms with E-state index in [-0.39, 0.29) is 17.5 Å². The normalized spacial score (nSPS) is 25.5. The van der Waals surface area contributed by atoms with Gasteiger partial charge < -0.3 is 10.3 Å². The van der Waals surface area contributed by atoms with Gasteiger partial charge in [0.1, 0.15) is 0 Å². The highest BCUT2D eigenvalue weighted by molar-refractivity contribution is 7.84. The molecule has 3 atom stereocenters. The highest BCUT2D eigenvalue weighted by Crippen LogP contribution is 2.40. The average Bonchev–Trinajstić information content (AvgIpc) is 2.58. The van der Waals surface area contributed by atoms with Gasteiger partial charge in [-0.2, -0.15) is 0 Å². The fourth-order valence-electron chi connectivity index (χ4n) is 3.09. The molecule has 1 aliphatic carbocycles. The van der Waals surface area contributed by atoms with E-state index in [4.69, 9.17) is 5.73 Å². The summed E-state index contributed by atoms with van der Waals surface area (Å²) in [6.45, 7) is 6.68.